The molecule has 0 saturated carbocycles. The van der Waals surface area contributed by atoms with Crippen molar-refractivity contribution in [2.75, 3.05) is 13.1 Å². The van der Waals surface area contributed by atoms with Crippen LogP contribution in [0.4, 0.5) is 0 Å². The number of hydrogen-bond donors (Lipinski definition) is 1. The van der Waals surface area contributed by atoms with Crippen LogP contribution in [0.25, 0.3) is 0 Å². The first-order chi connectivity index (χ1) is 8.30. The Morgan fingerprint density at radius 2 is 1.83 bits per heavy atom. The van der Waals surface area contributed by atoms with Crippen LogP contribution in [0.1, 0.15) is 54.4 Å². The molecule has 4 nitrogen and oxygen atoms in total. The molecular weight excluding hydrogens is 230 g/mol. The molecule has 0 aromatic heterocycles. The van der Waals surface area contributed by atoms with Crippen LogP contribution >= 0.6 is 0 Å². The molecule has 0 aliphatic carbocycles. The Hall–Kier alpha value is -0.900. The monoisotopic (exact) mass is 259 g/mol. The van der Waals surface area contributed by atoms with Gasteiger partial charge in [0.15, 0.2) is 0 Å². The lowest BCUT2D eigenvalue weighted by molar-refractivity contribution is -0.132. The van der Waals surface area contributed by atoms with E-state index in [4.69, 9.17) is 4.79 Å². The molecule has 108 valence electrons. The minimum Gasteiger partial charge on any atom is -0.391 e. The van der Waals surface area contributed by atoms with Crippen LogP contribution in [-0.4, -0.2) is 41.4 Å². The topological polar surface area (TPSA) is 57.6 Å². The number of likely N-dealkylation sites (tertiary alicyclic amines) is 1. The average Bonchev–Trinajstić information content (AvgIpc) is 2.67. The first-order valence-electron chi connectivity index (χ1n) is 6.66. The Labute approximate surface area is 111 Å². The highest BCUT2D eigenvalue weighted by Crippen LogP contribution is 2.21. The van der Waals surface area contributed by atoms with Gasteiger partial charge >= 0.3 is 0 Å². The number of carbonyl (C=O) groups excluding carboxylic acids is 2. The summed E-state index contributed by atoms with van der Waals surface area (Å²) in [6.07, 6.45) is 1.75. The van der Waals surface area contributed by atoms with Gasteiger partial charge < -0.3 is 14.8 Å². The Bertz CT molecular complexity index is 234. The molecule has 1 heterocycles. The largest absolute Gasteiger partial charge is 0.391 e. The molecule has 1 fully saturated rings. The highest BCUT2D eigenvalue weighted by atomic mass is 16.3. The first kappa shape index (κ1) is 19.4. The lowest BCUT2D eigenvalue weighted by Crippen LogP contribution is -2.32. The second kappa shape index (κ2) is 10.1. The predicted molar refractivity (Wildman–Crippen MR) is 74.4 cm³/mol. The summed E-state index contributed by atoms with van der Waals surface area (Å²) in [6.45, 7) is 12.8. The van der Waals surface area contributed by atoms with E-state index in [1.165, 1.54) is 6.92 Å². The molecule has 1 amide bonds. The fourth-order valence-electron chi connectivity index (χ4n) is 1.53. The van der Waals surface area contributed by atoms with E-state index in [9.17, 15) is 9.90 Å². The van der Waals surface area contributed by atoms with Crippen LogP contribution in [0.2, 0.25) is 0 Å². The summed E-state index contributed by atoms with van der Waals surface area (Å²) in [6, 6.07) is 0. The molecule has 0 bridgehead atoms. The minimum absolute atomic E-state index is 0.0463. The van der Waals surface area contributed by atoms with Gasteiger partial charge in [-0.25, -0.2) is 0 Å². The van der Waals surface area contributed by atoms with Crippen LogP contribution in [0, 0.1) is 5.41 Å². The number of rotatable bonds is 1. The van der Waals surface area contributed by atoms with E-state index in [1.54, 1.807) is 4.90 Å². The maximum Gasteiger partial charge on any atom is 0.223 e. The number of β-amino-alcohol motifs (C(OH)–C–C–N with tert-alkyl or cyclic N) is 1. The maximum absolute atomic E-state index is 11.6. The van der Waals surface area contributed by atoms with Crippen molar-refractivity contribution in [3.05, 3.63) is 0 Å². The van der Waals surface area contributed by atoms with Crippen molar-refractivity contribution in [2.45, 2.75) is 60.5 Å². The molecule has 0 aromatic rings. The second-order valence-electron chi connectivity index (χ2n) is 5.26. The van der Waals surface area contributed by atoms with E-state index >= 15 is 0 Å². The van der Waals surface area contributed by atoms with E-state index in [0.29, 0.717) is 13.0 Å². The van der Waals surface area contributed by atoms with E-state index < -0.39 is 0 Å². The van der Waals surface area contributed by atoms with Crippen LogP contribution < -0.4 is 0 Å². The molecule has 0 aromatic carbocycles. The lowest BCUT2D eigenvalue weighted by atomic mass is 9.92. The molecule has 1 unspecified atom stereocenters. The Morgan fingerprint density at radius 3 is 2.11 bits per heavy atom. The van der Waals surface area contributed by atoms with Crippen molar-refractivity contribution < 1.29 is 14.7 Å². The van der Waals surface area contributed by atoms with Crippen LogP contribution in [-0.2, 0) is 9.59 Å². The minimum atomic E-state index is -0.302. The maximum atomic E-state index is 11.6. The molecule has 1 rings (SSSR count). The number of amides is 1. The molecule has 1 saturated heterocycles. The molecule has 4 heteroatoms. The first-order valence-corrected chi connectivity index (χ1v) is 6.66. The molecule has 18 heavy (non-hydrogen) atoms. The van der Waals surface area contributed by atoms with E-state index in [2.05, 4.69) is 20.8 Å². The summed E-state index contributed by atoms with van der Waals surface area (Å²) in [5.74, 6) is 0.170. The van der Waals surface area contributed by atoms with Gasteiger partial charge in [0.1, 0.15) is 6.29 Å². The van der Waals surface area contributed by atoms with Crippen LogP contribution in [0.15, 0.2) is 0 Å². The van der Waals surface area contributed by atoms with Crippen LogP contribution in [0.5, 0.6) is 0 Å². The third-order valence-electron chi connectivity index (χ3n) is 2.20. The average molecular weight is 259 g/mol. The van der Waals surface area contributed by atoms with Gasteiger partial charge in [-0.1, -0.05) is 34.6 Å². The summed E-state index contributed by atoms with van der Waals surface area (Å²) in [5.41, 5.74) is 0.0463. The number of aliphatic hydroxyl groups excluding tert-OH is 1. The summed E-state index contributed by atoms with van der Waals surface area (Å²) >= 11 is 0. The number of aliphatic hydroxyl groups is 1. The molecule has 1 aliphatic rings. The molecule has 1 N–H and O–H groups in total. The summed E-state index contributed by atoms with van der Waals surface area (Å²) < 4.78 is 0. The van der Waals surface area contributed by atoms with Crippen molar-refractivity contribution in [3.8, 4) is 0 Å². The van der Waals surface area contributed by atoms with Gasteiger partial charge in [0.25, 0.3) is 0 Å². The molecule has 1 atom stereocenters. The lowest BCUT2D eigenvalue weighted by Gasteiger charge is -2.22. The Morgan fingerprint density at radius 1 is 1.39 bits per heavy atom. The van der Waals surface area contributed by atoms with Crippen molar-refractivity contribution in [2.24, 2.45) is 5.41 Å². The van der Waals surface area contributed by atoms with E-state index in [1.807, 2.05) is 13.8 Å². The predicted octanol–water partition coefficient (Wildman–Crippen LogP) is 2.25. The van der Waals surface area contributed by atoms with Gasteiger partial charge in [-0.05, 0) is 18.8 Å². The van der Waals surface area contributed by atoms with Crippen molar-refractivity contribution in [1.82, 2.24) is 4.90 Å². The van der Waals surface area contributed by atoms with Gasteiger partial charge in [-0.3, -0.25) is 4.79 Å². The van der Waals surface area contributed by atoms with Crippen molar-refractivity contribution in [3.63, 3.8) is 0 Å². The highest BCUT2D eigenvalue weighted by Gasteiger charge is 2.27. The van der Waals surface area contributed by atoms with Gasteiger partial charge in [-0.15, -0.1) is 0 Å². The SMILES string of the molecule is CC.CC(C)(C)CC(=O)N1CCC(O)C1.CC=O. The number of carbonyl (C=O) groups is 2. The van der Waals surface area contributed by atoms with Gasteiger partial charge in [0, 0.05) is 19.5 Å². The van der Waals surface area contributed by atoms with E-state index in [-0.39, 0.29) is 17.4 Å². The number of aldehydes is 1. The van der Waals surface area contributed by atoms with Crippen molar-refractivity contribution in [1.29, 1.82) is 0 Å². The number of nitrogens with zero attached hydrogens (tertiary/aromatic N) is 1. The third kappa shape index (κ3) is 10.3. The van der Waals surface area contributed by atoms with Gasteiger partial charge in [0.2, 0.25) is 5.91 Å². The quantitative estimate of drug-likeness (QED) is 0.735. The highest BCUT2D eigenvalue weighted by molar-refractivity contribution is 5.77. The summed E-state index contributed by atoms with van der Waals surface area (Å²) in [4.78, 5) is 22.2. The van der Waals surface area contributed by atoms with E-state index in [0.717, 1.165) is 19.3 Å². The Kier molecular flexibility index (Phi) is 10.9. The summed E-state index contributed by atoms with van der Waals surface area (Å²) in [5, 5.41) is 9.25. The molecule has 0 radical (unpaired) electrons. The van der Waals surface area contributed by atoms with Crippen molar-refractivity contribution >= 4 is 12.2 Å². The normalized spacial score (nSPS) is 18.2. The zero-order chi connectivity index (χ0) is 14.8. The standard InChI is InChI=1S/C10H19NO2.C2H4O.C2H6/c1-10(2,3)6-9(13)11-5-4-8(12)7-11;1-2-3;1-2/h8,12H,4-7H2,1-3H3;2H,1H3;1-2H3. The molecule has 1 aliphatic heterocycles. The third-order valence-corrected chi connectivity index (χ3v) is 2.20. The van der Waals surface area contributed by atoms with Gasteiger partial charge in [0.05, 0.1) is 6.10 Å². The fourth-order valence-corrected chi connectivity index (χ4v) is 1.53. The Balaban J connectivity index is 0. The molecule has 0 spiro atoms. The fraction of sp³-hybridized carbons (Fsp3) is 0.857. The van der Waals surface area contributed by atoms with Gasteiger partial charge in [-0.2, -0.15) is 0 Å². The smallest absolute Gasteiger partial charge is 0.223 e. The number of hydrogen-bond acceptors (Lipinski definition) is 3. The zero-order valence-corrected chi connectivity index (χ0v) is 12.7. The molecular formula is C14H29NO3. The zero-order valence-electron chi connectivity index (χ0n) is 12.7. The summed E-state index contributed by atoms with van der Waals surface area (Å²) in [7, 11) is 0. The second-order valence-corrected chi connectivity index (χ2v) is 5.26. The van der Waals surface area contributed by atoms with Crippen LogP contribution in [0.3, 0.4) is 0 Å².